The monoisotopic (exact) mass is 266 g/mol. The molecule has 0 spiro atoms. The minimum Gasteiger partial charge on any atom is -0.479 e. The number of nitrogens with zero attached hydrogens (tertiary/aromatic N) is 1. The molecule has 110 valence electrons. The molecule has 0 amide bonds. The lowest BCUT2D eigenvalue weighted by atomic mass is 10.0. The highest BCUT2D eigenvalue weighted by atomic mass is 16.5. The van der Waals surface area contributed by atoms with Gasteiger partial charge in [0.1, 0.15) is 0 Å². The van der Waals surface area contributed by atoms with E-state index in [1.165, 1.54) is 0 Å². The molecule has 0 heterocycles. The third-order valence-corrected chi connectivity index (χ3v) is 5.26. The first-order valence-corrected chi connectivity index (χ1v) is 7.22. The van der Waals surface area contributed by atoms with E-state index in [0.29, 0.717) is 41.2 Å². The summed E-state index contributed by atoms with van der Waals surface area (Å²) in [5, 5.41) is 0. The van der Waals surface area contributed by atoms with Gasteiger partial charge in [-0.2, -0.15) is 0 Å². The molecule has 0 aromatic heterocycles. The van der Waals surface area contributed by atoms with Crippen molar-refractivity contribution in [2.24, 2.45) is 33.4 Å². The maximum absolute atomic E-state index is 5.84. The fourth-order valence-corrected chi connectivity index (χ4v) is 2.40. The van der Waals surface area contributed by atoms with Gasteiger partial charge in [0.25, 0.3) is 0 Å². The second-order valence-electron chi connectivity index (χ2n) is 7.16. The van der Waals surface area contributed by atoms with Crippen LogP contribution in [0.25, 0.3) is 0 Å². The fraction of sp³-hybridized carbons (Fsp3) is 0.812. The van der Waals surface area contributed by atoms with Gasteiger partial charge in [0.2, 0.25) is 0 Å². The number of aliphatic imine (C=N–C) groups is 1. The van der Waals surface area contributed by atoms with Crippen molar-refractivity contribution in [1.82, 2.24) is 0 Å². The second kappa shape index (κ2) is 5.56. The third-order valence-electron chi connectivity index (χ3n) is 5.26. The van der Waals surface area contributed by atoms with E-state index in [1.807, 2.05) is 0 Å². The van der Waals surface area contributed by atoms with Gasteiger partial charge in [-0.1, -0.05) is 41.5 Å². The van der Waals surface area contributed by atoms with Crippen molar-refractivity contribution in [3.8, 4) is 0 Å². The SMILES string of the molecule is CC(C)[C@@H](C)N=CC=C(N)OCC1C(C)(C)C1(C)C. The number of ether oxygens (including phenoxy) is 1. The Labute approximate surface area is 118 Å². The van der Waals surface area contributed by atoms with Crippen LogP contribution >= 0.6 is 0 Å². The first-order valence-electron chi connectivity index (χ1n) is 7.22. The molecule has 0 saturated heterocycles. The van der Waals surface area contributed by atoms with E-state index >= 15 is 0 Å². The molecule has 1 fully saturated rings. The lowest BCUT2D eigenvalue weighted by molar-refractivity contribution is 0.180. The standard InChI is InChI=1S/C16H30N2O/c1-11(2)12(3)18-9-8-14(17)19-10-13-15(4,5)16(13,6)7/h8-9,11-13H,10,17H2,1-7H3/t12-/m1/s1. The van der Waals surface area contributed by atoms with Crippen LogP contribution in [-0.4, -0.2) is 18.9 Å². The zero-order valence-corrected chi connectivity index (χ0v) is 13.5. The Hall–Kier alpha value is -0.990. The van der Waals surface area contributed by atoms with E-state index < -0.39 is 0 Å². The first-order chi connectivity index (χ1) is 8.60. The smallest absolute Gasteiger partial charge is 0.185 e. The Kier molecular flexibility index (Phi) is 4.70. The summed E-state index contributed by atoms with van der Waals surface area (Å²) in [6.07, 6.45) is 3.50. The van der Waals surface area contributed by atoms with Crippen LogP contribution in [0.2, 0.25) is 0 Å². The first kappa shape index (κ1) is 16.1. The average molecular weight is 266 g/mol. The van der Waals surface area contributed by atoms with Gasteiger partial charge in [-0.3, -0.25) is 4.99 Å². The molecule has 0 aromatic rings. The van der Waals surface area contributed by atoms with Gasteiger partial charge in [-0.15, -0.1) is 0 Å². The quantitative estimate of drug-likeness (QED) is 0.590. The molecule has 1 aliphatic carbocycles. The van der Waals surface area contributed by atoms with Gasteiger partial charge in [-0.05, 0) is 23.7 Å². The lowest BCUT2D eigenvalue weighted by Gasteiger charge is -2.09. The van der Waals surface area contributed by atoms with E-state index in [0.717, 1.165) is 0 Å². The highest BCUT2D eigenvalue weighted by Gasteiger charge is 2.64. The molecule has 1 atom stereocenters. The predicted octanol–water partition coefficient (Wildman–Crippen LogP) is 3.60. The zero-order valence-electron chi connectivity index (χ0n) is 13.5. The summed E-state index contributed by atoms with van der Waals surface area (Å²) in [6.45, 7) is 16.2. The summed E-state index contributed by atoms with van der Waals surface area (Å²) in [5.41, 5.74) is 6.52. The molecule has 0 aliphatic heterocycles. The second-order valence-corrected chi connectivity index (χ2v) is 7.16. The van der Waals surface area contributed by atoms with Crippen LogP contribution in [0.5, 0.6) is 0 Å². The third kappa shape index (κ3) is 3.52. The van der Waals surface area contributed by atoms with Crippen LogP contribution in [0.4, 0.5) is 0 Å². The van der Waals surface area contributed by atoms with Crippen molar-refractivity contribution in [2.45, 2.75) is 54.5 Å². The summed E-state index contributed by atoms with van der Waals surface area (Å²) < 4.78 is 5.63. The number of rotatable bonds is 6. The Morgan fingerprint density at radius 1 is 1.21 bits per heavy atom. The maximum Gasteiger partial charge on any atom is 0.185 e. The van der Waals surface area contributed by atoms with Crippen molar-refractivity contribution < 1.29 is 4.74 Å². The molecule has 1 saturated carbocycles. The van der Waals surface area contributed by atoms with Gasteiger partial charge in [-0.25, -0.2) is 0 Å². The van der Waals surface area contributed by atoms with E-state index in [4.69, 9.17) is 10.5 Å². The molecule has 3 heteroatoms. The van der Waals surface area contributed by atoms with Gasteiger partial charge in [0.05, 0.1) is 6.61 Å². The molecule has 0 radical (unpaired) electrons. The summed E-state index contributed by atoms with van der Waals surface area (Å²) in [6, 6.07) is 0.311. The number of hydrogen-bond donors (Lipinski definition) is 1. The summed E-state index contributed by atoms with van der Waals surface area (Å²) in [4.78, 5) is 4.40. The van der Waals surface area contributed by atoms with Crippen LogP contribution in [0, 0.1) is 22.7 Å². The molecule has 0 bridgehead atoms. The molecule has 19 heavy (non-hydrogen) atoms. The van der Waals surface area contributed by atoms with E-state index in [9.17, 15) is 0 Å². The largest absolute Gasteiger partial charge is 0.479 e. The Bertz CT molecular complexity index is 353. The normalized spacial score (nSPS) is 23.9. The fourth-order valence-electron chi connectivity index (χ4n) is 2.40. The van der Waals surface area contributed by atoms with E-state index in [2.05, 4.69) is 53.5 Å². The van der Waals surface area contributed by atoms with E-state index in [-0.39, 0.29) is 0 Å². The molecule has 0 aromatic carbocycles. The number of allylic oxidation sites excluding steroid dienone is 1. The Morgan fingerprint density at radius 2 is 1.74 bits per heavy atom. The van der Waals surface area contributed by atoms with E-state index in [1.54, 1.807) is 12.3 Å². The molecule has 1 aliphatic rings. The van der Waals surface area contributed by atoms with Crippen molar-refractivity contribution in [1.29, 1.82) is 0 Å². The maximum atomic E-state index is 5.84. The molecule has 3 nitrogen and oxygen atoms in total. The van der Waals surface area contributed by atoms with Crippen LogP contribution in [0.15, 0.2) is 17.0 Å². The number of nitrogens with two attached hydrogens (primary N) is 1. The lowest BCUT2D eigenvalue weighted by Crippen LogP contribution is -2.09. The highest BCUT2D eigenvalue weighted by molar-refractivity contribution is 5.71. The van der Waals surface area contributed by atoms with Crippen LogP contribution in [0.3, 0.4) is 0 Å². The van der Waals surface area contributed by atoms with Crippen LogP contribution < -0.4 is 5.73 Å². The summed E-state index contributed by atoms with van der Waals surface area (Å²) >= 11 is 0. The van der Waals surface area contributed by atoms with Crippen molar-refractivity contribution >= 4 is 6.21 Å². The van der Waals surface area contributed by atoms with Crippen LogP contribution in [-0.2, 0) is 4.74 Å². The van der Waals surface area contributed by atoms with Crippen molar-refractivity contribution in [2.75, 3.05) is 6.61 Å². The highest BCUT2D eigenvalue weighted by Crippen LogP contribution is 2.68. The topological polar surface area (TPSA) is 47.6 Å². The van der Waals surface area contributed by atoms with Gasteiger partial charge in [0, 0.05) is 24.3 Å². The average Bonchev–Trinajstić information content (AvgIpc) is 2.66. The Morgan fingerprint density at radius 3 is 2.16 bits per heavy atom. The van der Waals surface area contributed by atoms with Gasteiger partial charge in [0.15, 0.2) is 5.88 Å². The minimum absolute atomic E-state index is 0.311. The van der Waals surface area contributed by atoms with Crippen LogP contribution in [0.1, 0.15) is 48.5 Å². The molecular weight excluding hydrogens is 236 g/mol. The van der Waals surface area contributed by atoms with Crippen molar-refractivity contribution in [3.63, 3.8) is 0 Å². The predicted molar refractivity (Wildman–Crippen MR) is 82.1 cm³/mol. The van der Waals surface area contributed by atoms with Gasteiger partial charge < -0.3 is 10.5 Å². The molecular formula is C16H30N2O. The minimum atomic E-state index is 0.311. The summed E-state index contributed by atoms with van der Waals surface area (Å²) in [5.74, 6) is 1.57. The molecule has 0 unspecified atom stereocenters. The van der Waals surface area contributed by atoms with Crippen molar-refractivity contribution in [3.05, 3.63) is 12.0 Å². The molecule has 1 rings (SSSR count). The molecule has 2 N–H and O–H groups in total. The zero-order chi connectivity index (χ0) is 14.8. The van der Waals surface area contributed by atoms with Gasteiger partial charge >= 0.3 is 0 Å². The summed E-state index contributed by atoms with van der Waals surface area (Å²) in [7, 11) is 0. The number of hydrogen-bond acceptors (Lipinski definition) is 3. The Balaban J connectivity index is 2.39.